The lowest BCUT2D eigenvalue weighted by Gasteiger charge is -2.09. The topological polar surface area (TPSA) is 46.5 Å². The molecule has 0 unspecified atom stereocenters. The highest BCUT2D eigenvalue weighted by Gasteiger charge is 2.11. The van der Waals surface area contributed by atoms with Crippen LogP contribution in [0.1, 0.15) is 15.9 Å². The van der Waals surface area contributed by atoms with E-state index in [1.165, 1.54) is 18.2 Å². The molecule has 0 saturated heterocycles. The Kier molecular flexibility index (Phi) is 4.30. The Balaban J connectivity index is 2.19. The molecule has 2 aromatic carbocycles. The van der Waals surface area contributed by atoms with Gasteiger partial charge in [0.1, 0.15) is 17.9 Å². The minimum absolute atomic E-state index is 0.0754. The standard InChI is InChI=1S/C14H10Cl2O3/c15-10-3-1-2-9(6-10)8-19-13-7-11(16)4-5-12(13)14(17)18/h1-7H,8H2,(H,17,18). The van der Waals surface area contributed by atoms with Crippen molar-refractivity contribution >= 4 is 29.2 Å². The monoisotopic (exact) mass is 296 g/mol. The lowest BCUT2D eigenvalue weighted by atomic mass is 10.2. The molecule has 5 heteroatoms. The molecule has 1 N–H and O–H groups in total. The minimum atomic E-state index is -1.06. The number of carboxylic acid groups (broad SMARTS) is 1. The number of hydrogen-bond acceptors (Lipinski definition) is 2. The Morgan fingerprint density at radius 1 is 1.11 bits per heavy atom. The highest BCUT2D eigenvalue weighted by molar-refractivity contribution is 6.31. The molecule has 19 heavy (non-hydrogen) atoms. The van der Waals surface area contributed by atoms with E-state index in [9.17, 15) is 4.79 Å². The van der Waals surface area contributed by atoms with Crippen LogP contribution in [0.5, 0.6) is 5.75 Å². The average molecular weight is 297 g/mol. The molecule has 98 valence electrons. The Labute approximate surface area is 120 Å². The van der Waals surface area contributed by atoms with Gasteiger partial charge in [-0.3, -0.25) is 0 Å². The summed E-state index contributed by atoms with van der Waals surface area (Å²) >= 11 is 11.7. The number of ether oxygens (including phenoxy) is 1. The summed E-state index contributed by atoms with van der Waals surface area (Å²) in [6.07, 6.45) is 0. The molecule has 0 aliphatic rings. The summed E-state index contributed by atoms with van der Waals surface area (Å²) < 4.78 is 5.50. The van der Waals surface area contributed by atoms with E-state index in [1.807, 2.05) is 6.07 Å². The third-order valence-electron chi connectivity index (χ3n) is 2.46. The first-order valence-electron chi connectivity index (χ1n) is 5.46. The van der Waals surface area contributed by atoms with Crippen molar-refractivity contribution in [2.45, 2.75) is 6.61 Å². The van der Waals surface area contributed by atoms with Crippen molar-refractivity contribution in [2.24, 2.45) is 0 Å². The van der Waals surface area contributed by atoms with E-state index < -0.39 is 5.97 Å². The van der Waals surface area contributed by atoms with Gasteiger partial charge in [0.25, 0.3) is 0 Å². The number of carboxylic acids is 1. The van der Waals surface area contributed by atoms with Gasteiger partial charge in [0.2, 0.25) is 0 Å². The van der Waals surface area contributed by atoms with Gasteiger partial charge in [-0.25, -0.2) is 4.79 Å². The van der Waals surface area contributed by atoms with Crippen molar-refractivity contribution in [3.8, 4) is 5.75 Å². The normalized spacial score (nSPS) is 10.2. The van der Waals surface area contributed by atoms with Crippen molar-refractivity contribution in [3.63, 3.8) is 0 Å². The Morgan fingerprint density at radius 2 is 1.84 bits per heavy atom. The molecule has 3 nitrogen and oxygen atoms in total. The van der Waals surface area contributed by atoms with Crippen LogP contribution >= 0.6 is 23.2 Å². The number of carbonyl (C=O) groups is 1. The second-order valence-electron chi connectivity index (χ2n) is 3.86. The van der Waals surface area contributed by atoms with Gasteiger partial charge in [-0.05, 0) is 35.9 Å². The molecular weight excluding hydrogens is 287 g/mol. The molecule has 2 rings (SSSR count). The van der Waals surface area contributed by atoms with Crippen LogP contribution in [0.15, 0.2) is 42.5 Å². The van der Waals surface area contributed by atoms with Gasteiger partial charge in [-0.1, -0.05) is 35.3 Å². The predicted octanol–water partition coefficient (Wildman–Crippen LogP) is 4.27. The Bertz CT molecular complexity index is 611. The van der Waals surface area contributed by atoms with Crippen LogP contribution in [-0.4, -0.2) is 11.1 Å². The molecule has 0 aliphatic heterocycles. The van der Waals surface area contributed by atoms with E-state index in [2.05, 4.69) is 0 Å². The van der Waals surface area contributed by atoms with Gasteiger partial charge >= 0.3 is 5.97 Å². The van der Waals surface area contributed by atoms with E-state index in [0.29, 0.717) is 10.0 Å². The molecule has 0 saturated carbocycles. The van der Waals surface area contributed by atoms with Gasteiger partial charge < -0.3 is 9.84 Å². The van der Waals surface area contributed by atoms with Crippen molar-refractivity contribution in [2.75, 3.05) is 0 Å². The van der Waals surface area contributed by atoms with Crippen molar-refractivity contribution in [1.29, 1.82) is 0 Å². The third-order valence-corrected chi connectivity index (χ3v) is 2.93. The summed E-state index contributed by atoms with van der Waals surface area (Å²) in [4.78, 5) is 11.1. The molecule has 0 spiro atoms. The Morgan fingerprint density at radius 3 is 2.53 bits per heavy atom. The SMILES string of the molecule is O=C(O)c1ccc(Cl)cc1OCc1cccc(Cl)c1. The highest BCUT2D eigenvalue weighted by Crippen LogP contribution is 2.24. The van der Waals surface area contributed by atoms with Gasteiger partial charge in [0.15, 0.2) is 0 Å². The zero-order valence-corrected chi connectivity index (χ0v) is 11.3. The molecule has 0 aromatic heterocycles. The number of hydrogen-bond donors (Lipinski definition) is 1. The van der Waals surface area contributed by atoms with Crippen molar-refractivity contribution in [1.82, 2.24) is 0 Å². The molecule has 0 atom stereocenters. The maximum absolute atomic E-state index is 11.1. The zero-order chi connectivity index (χ0) is 13.8. The van der Waals surface area contributed by atoms with Crippen LogP contribution in [0.2, 0.25) is 10.0 Å². The van der Waals surface area contributed by atoms with E-state index in [-0.39, 0.29) is 17.9 Å². The summed E-state index contributed by atoms with van der Waals surface area (Å²) in [5.74, 6) is -0.822. The van der Waals surface area contributed by atoms with E-state index in [0.717, 1.165) is 5.56 Å². The van der Waals surface area contributed by atoms with E-state index >= 15 is 0 Å². The van der Waals surface area contributed by atoms with E-state index in [4.69, 9.17) is 33.0 Å². The second-order valence-corrected chi connectivity index (χ2v) is 4.74. The highest BCUT2D eigenvalue weighted by atomic mass is 35.5. The summed E-state index contributed by atoms with van der Waals surface area (Å²) in [5, 5.41) is 10.1. The van der Waals surface area contributed by atoms with Gasteiger partial charge in [0.05, 0.1) is 0 Å². The van der Waals surface area contributed by atoms with Crippen LogP contribution < -0.4 is 4.74 Å². The summed E-state index contributed by atoms with van der Waals surface area (Å²) in [6, 6.07) is 11.6. The quantitative estimate of drug-likeness (QED) is 0.916. The van der Waals surface area contributed by atoms with Crippen LogP contribution in [0.25, 0.3) is 0 Å². The molecule has 0 amide bonds. The lowest BCUT2D eigenvalue weighted by molar-refractivity contribution is 0.0692. The van der Waals surface area contributed by atoms with Gasteiger partial charge in [0, 0.05) is 10.0 Å². The first-order valence-corrected chi connectivity index (χ1v) is 6.22. The number of halogens is 2. The predicted molar refractivity (Wildman–Crippen MR) is 74.2 cm³/mol. The van der Waals surface area contributed by atoms with Crippen LogP contribution in [0.4, 0.5) is 0 Å². The fourth-order valence-electron chi connectivity index (χ4n) is 1.58. The summed E-state index contributed by atoms with van der Waals surface area (Å²) in [7, 11) is 0. The molecule has 0 fully saturated rings. The van der Waals surface area contributed by atoms with Crippen LogP contribution in [0.3, 0.4) is 0 Å². The zero-order valence-electron chi connectivity index (χ0n) is 9.77. The molecule has 0 heterocycles. The molecule has 2 aromatic rings. The molecule has 0 radical (unpaired) electrons. The third kappa shape index (κ3) is 3.63. The van der Waals surface area contributed by atoms with E-state index in [1.54, 1.807) is 18.2 Å². The fraction of sp³-hybridized carbons (Fsp3) is 0.0714. The Hall–Kier alpha value is -1.71. The smallest absolute Gasteiger partial charge is 0.339 e. The first kappa shape index (κ1) is 13.7. The van der Waals surface area contributed by atoms with Gasteiger partial charge in [-0.2, -0.15) is 0 Å². The average Bonchev–Trinajstić information content (AvgIpc) is 2.36. The summed E-state index contributed by atoms with van der Waals surface area (Å²) in [6.45, 7) is 0.223. The number of aromatic carboxylic acids is 1. The number of rotatable bonds is 4. The van der Waals surface area contributed by atoms with Gasteiger partial charge in [-0.15, -0.1) is 0 Å². The number of benzene rings is 2. The first-order chi connectivity index (χ1) is 9.06. The molecular formula is C14H10Cl2O3. The minimum Gasteiger partial charge on any atom is -0.488 e. The molecule has 0 bridgehead atoms. The molecule has 0 aliphatic carbocycles. The largest absolute Gasteiger partial charge is 0.488 e. The second kappa shape index (κ2) is 5.95. The summed E-state index contributed by atoms with van der Waals surface area (Å²) in [5.41, 5.74) is 0.926. The maximum Gasteiger partial charge on any atom is 0.339 e. The fourth-order valence-corrected chi connectivity index (χ4v) is 1.96. The maximum atomic E-state index is 11.1. The van der Waals surface area contributed by atoms with Crippen molar-refractivity contribution < 1.29 is 14.6 Å². The van der Waals surface area contributed by atoms with Crippen LogP contribution in [-0.2, 0) is 6.61 Å². The van der Waals surface area contributed by atoms with Crippen LogP contribution in [0, 0.1) is 0 Å². The van der Waals surface area contributed by atoms with Crippen molar-refractivity contribution in [3.05, 3.63) is 63.6 Å². The lowest BCUT2D eigenvalue weighted by Crippen LogP contribution is -2.03.